The maximum atomic E-state index is 5.72. The molecule has 0 spiro atoms. The monoisotopic (exact) mass is 257 g/mol. The highest BCUT2D eigenvalue weighted by Gasteiger charge is 2.19. The molecule has 1 aromatic rings. The summed E-state index contributed by atoms with van der Waals surface area (Å²) in [6.07, 6.45) is 0. The standard InChI is InChI=1S/C11H16BrNO/c1-11(2,7-13)8-4-5-9(12)10(6-8)14-3/h4-6H,7,13H2,1-3H3. The van der Waals surface area contributed by atoms with E-state index in [0.717, 1.165) is 10.2 Å². The number of halogens is 1. The van der Waals surface area contributed by atoms with E-state index in [0.29, 0.717) is 6.54 Å². The summed E-state index contributed by atoms with van der Waals surface area (Å²) in [7, 11) is 1.67. The molecule has 0 fully saturated rings. The predicted octanol–water partition coefficient (Wildman–Crippen LogP) is 2.69. The maximum absolute atomic E-state index is 5.72. The van der Waals surface area contributed by atoms with E-state index in [1.165, 1.54) is 5.56 Å². The lowest BCUT2D eigenvalue weighted by atomic mass is 9.85. The molecular weight excluding hydrogens is 242 g/mol. The van der Waals surface area contributed by atoms with E-state index in [-0.39, 0.29) is 5.41 Å². The normalized spacial score (nSPS) is 11.5. The Hall–Kier alpha value is -0.540. The minimum absolute atomic E-state index is 0.00597. The number of hydrogen-bond acceptors (Lipinski definition) is 2. The van der Waals surface area contributed by atoms with E-state index >= 15 is 0 Å². The van der Waals surface area contributed by atoms with Gasteiger partial charge in [0.15, 0.2) is 0 Å². The summed E-state index contributed by atoms with van der Waals surface area (Å²) in [5, 5.41) is 0. The molecule has 0 unspecified atom stereocenters. The molecule has 14 heavy (non-hydrogen) atoms. The molecular formula is C11H16BrNO. The van der Waals surface area contributed by atoms with Gasteiger partial charge >= 0.3 is 0 Å². The second-order valence-corrected chi connectivity index (χ2v) is 4.79. The summed E-state index contributed by atoms with van der Waals surface area (Å²) in [5.74, 6) is 0.851. The summed E-state index contributed by atoms with van der Waals surface area (Å²) in [6, 6.07) is 6.09. The van der Waals surface area contributed by atoms with Crippen LogP contribution in [0.4, 0.5) is 0 Å². The molecule has 0 aromatic heterocycles. The van der Waals surface area contributed by atoms with E-state index in [4.69, 9.17) is 10.5 Å². The molecule has 3 heteroatoms. The number of rotatable bonds is 3. The van der Waals surface area contributed by atoms with Crippen LogP contribution in [0.25, 0.3) is 0 Å². The second-order valence-electron chi connectivity index (χ2n) is 3.94. The van der Waals surface area contributed by atoms with Crippen LogP contribution >= 0.6 is 15.9 Å². The Morgan fingerprint density at radius 1 is 1.43 bits per heavy atom. The van der Waals surface area contributed by atoms with Crippen molar-refractivity contribution < 1.29 is 4.74 Å². The van der Waals surface area contributed by atoms with Gasteiger partial charge in [0, 0.05) is 12.0 Å². The fourth-order valence-electron chi connectivity index (χ4n) is 1.20. The maximum Gasteiger partial charge on any atom is 0.133 e. The van der Waals surface area contributed by atoms with Gasteiger partial charge in [-0.05, 0) is 33.6 Å². The fraction of sp³-hybridized carbons (Fsp3) is 0.455. The summed E-state index contributed by atoms with van der Waals surface area (Å²) >= 11 is 3.42. The zero-order valence-corrected chi connectivity index (χ0v) is 10.4. The van der Waals surface area contributed by atoms with Gasteiger partial charge in [0.2, 0.25) is 0 Å². The largest absolute Gasteiger partial charge is 0.496 e. The van der Waals surface area contributed by atoms with E-state index < -0.39 is 0 Å². The molecule has 2 N–H and O–H groups in total. The molecule has 0 saturated carbocycles. The van der Waals surface area contributed by atoms with E-state index in [2.05, 4.69) is 35.8 Å². The quantitative estimate of drug-likeness (QED) is 0.904. The van der Waals surface area contributed by atoms with E-state index in [1.54, 1.807) is 7.11 Å². The van der Waals surface area contributed by atoms with Crippen LogP contribution in [0.2, 0.25) is 0 Å². The van der Waals surface area contributed by atoms with Crippen LogP contribution in [0, 0.1) is 0 Å². The summed E-state index contributed by atoms with van der Waals surface area (Å²) in [4.78, 5) is 0. The van der Waals surface area contributed by atoms with Gasteiger partial charge in [-0.2, -0.15) is 0 Å². The number of hydrogen-bond donors (Lipinski definition) is 1. The van der Waals surface area contributed by atoms with Crippen LogP contribution in [0.15, 0.2) is 22.7 Å². The van der Waals surface area contributed by atoms with Gasteiger partial charge in [0.05, 0.1) is 11.6 Å². The number of benzene rings is 1. The van der Waals surface area contributed by atoms with Crippen molar-refractivity contribution in [1.29, 1.82) is 0 Å². The molecule has 2 nitrogen and oxygen atoms in total. The molecule has 0 amide bonds. The zero-order chi connectivity index (χ0) is 10.8. The smallest absolute Gasteiger partial charge is 0.133 e. The highest BCUT2D eigenvalue weighted by molar-refractivity contribution is 9.10. The summed E-state index contributed by atoms with van der Waals surface area (Å²) in [5.41, 5.74) is 6.90. The molecule has 1 aromatic carbocycles. The van der Waals surface area contributed by atoms with Crippen molar-refractivity contribution in [1.82, 2.24) is 0 Å². The van der Waals surface area contributed by atoms with Crippen LogP contribution in [-0.4, -0.2) is 13.7 Å². The van der Waals surface area contributed by atoms with Gasteiger partial charge in [-0.25, -0.2) is 0 Å². The zero-order valence-electron chi connectivity index (χ0n) is 8.80. The Kier molecular flexibility index (Phi) is 3.56. The average molecular weight is 258 g/mol. The molecule has 78 valence electrons. The fourth-order valence-corrected chi connectivity index (χ4v) is 1.61. The van der Waals surface area contributed by atoms with E-state index in [1.807, 2.05) is 12.1 Å². The number of ether oxygens (including phenoxy) is 1. The number of nitrogens with two attached hydrogens (primary N) is 1. The van der Waals surface area contributed by atoms with Crippen molar-refractivity contribution in [3.05, 3.63) is 28.2 Å². The molecule has 0 aliphatic carbocycles. The highest BCUT2D eigenvalue weighted by Crippen LogP contribution is 2.31. The topological polar surface area (TPSA) is 35.2 Å². The molecule has 0 aliphatic rings. The molecule has 1 rings (SSSR count). The minimum Gasteiger partial charge on any atom is -0.496 e. The van der Waals surface area contributed by atoms with Gasteiger partial charge in [0.25, 0.3) is 0 Å². The van der Waals surface area contributed by atoms with Crippen LogP contribution in [-0.2, 0) is 5.41 Å². The first-order valence-corrected chi connectivity index (χ1v) is 5.34. The highest BCUT2D eigenvalue weighted by atomic mass is 79.9. The first kappa shape index (κ1) is 11.5. The molecule has 0 saturated heterocycles. The van der Waals surface area contributed by atoms with Crippen LogP contribution in [0.3, 0.4) is 0 Å². The van der Waals surface area contributed by atoms with Crippen molar-refractivity contribution in [3.8, 4) is 5.75 Å². The molecule has 0 aliphatic heterocycles. The van der Waals surface area contributed by atoms with Crippen molar-refractivity contribution in [2.45, 2.75) is 19.3 Å². The van der Waals surface area contributed by atoms with Crippen molar-refractivity contribution in [2.24, 2.45) is 5.73 Å². The Bertz CT molecular complexity index is 323. The molecule has 0 bridgehead atoms. The van der Waals surface area contributed by atoms with Crippen LogP contribution in [0.1, 0.15) is 19.4 Å². The van der Waals surface area contributed by atoms with E-state index in [9.17, 15) is 0 Å². The minimum atomic E-state index is -0.00597. The van der Waals surface area contributed by atoms with Gasteiger partial charge in [-0.15, -0.1) is 0 Å². The third-order valence-corrected chi connectivity index (χ3v) is 3.10. The molecule has 0 heterocycles. The van der Waals surface area contributed by atoms with Gasteiger partial charge in [-0.1, -0.05) is 19.9 Å². The lowest BCUT2D eigenvalue weighted by Gasteiger charge is -2.23. The Morgan fingerprint density at radius 2 is 2.07 bits per heavy atom. The second kappa shape index (κ2) is 4.32. The summed E-state index contributed by atoms with van der Waals surface area (Å²) in [6.45, 7) is 4.86. The predicted molar refractivity (Wildman–Crippen MR) is 62.8 cm³/mol. The van der Waals surface area contributed by atoms with Crippen molar-refractivity contribution in [2.75, 3.05) is 13.7 Å². The van der Waals surface area contributed by atoms with Gasteiger partial charge in [0.1, 0.15) is 5.75 Å². The lowest BCUT2D eigenvalue weighted by Crippen LogP contribution is -2.28. The Balaban J connectivity index is 3.12. The Morgan fingerprint density at radius 3 is 2.57 bits per heavy atom. The van der Waals surface area contributed by atoms with Crippen LogP contribution < -0.4 is 10.5 Å². The van der Waals surface area contributed by atoms with Gasteiger partial charge in [-0.3, -0.25) is 0 Å². The SMILES string of the molecule is COc1cc(C(C)(C)CN)ccc1Br. The van der Waals surface area contributed by atoms with Crippen molar-refractivity contribution in [3.63, 3.8) is 0 Å². The van der Waals surface area contributed by atoms with Crippen LogP contribution in [0.5, 0.6) is 5.75 Å². The number of methoxy groups -OCH3 is 1. The molecule has 0 radical (unpaired) electrons. The first-order chi connectivity index (χ1) is 6.51. The summed E-state index contributed by atoms with van der Waals surface area (Å²) < 4.78 is 6.21. The Labute approximate surface area is 93.6 Å². The molecule has 0 atom stereocenters. The third kappa shape index (κ3) is 2.28. The third-order valence-electron chi connectivity index (χ3n) is 2.44. The lowest BCUT2D eigenvalue weighted by molar-refractivity contribution is 0.409. The van der Waals surface area contributed by atoms with Gasteiger partial charge < -0.3 is 10.5 Å². The van der Waals surface area contributed by atoms with Crippen molar-refractivity contribution >= 4 is 15.9 Å². The average Bonchev–Trinajstić information content (AvgIpc) is 2.18. The first-order valence-electron chi connectivity index (χ1n) is 4.55.